The topological polar surface area (TPSA) is 54.4 Å². The summed E-state index contributed by atoms with van der Waals surface area (Å²) in [7, 11) is 0. The van der Waals surface area contributed by atoms with Crippen LogP contribution < -0.4 is 0 Å². The van der Waals surface area contributed by atoms with E-state index in [1.807, 2.05) is 13.0 Å². The monoisotopic (exact) mass is 296 g/mol. The molecular weight excluding hydrogens is 284 g/mol. The maximum absolute atomic E-state index is 11.9. The first kappa shape index (κ1) is 13.6. The minimum Gasteiger partial charge on any atom is -0.478 e. The number of benzene rings is 1. The number of rotatable bonds is 5. The molecule has 17 heavy (non-hydrogen) atoms. The lowest BCUT2D eigenvalue weighted by atomic mass is 9.99. The molecule has 90 valence electrons. The average Bonchev–Trinajstić information content (AvgIpc) is 2.27. The molecule has 0 bridgehead atoms. The number of carboxylic acids is 1. The van der Waals surface area contributed by atoms with Gasteiger partial charge >= 0.3 is 5.97 Å². The van der Waals surface area contributed by atoms with Crippen LogP contribution in [0.2, 0.25) is 0 Å². The van der Waals surface area contributed by atoms with Gasteiger partial charge in [0.05, 0.1) is 0 Å². The van der Waals surface area contributed by atoms with Gasteiger partial charge in [0, 0.05) is 23.4 Å². The number of aliphatic carboxylic acids is 1. The largest absolute Gasteiger partial charge is 0.478 e. The van der Waals surface area contributed by atoms with E-state index in [0.717, 1.165) is 11.6 Å². The predicted molar refractivity (Wildman–Crippen MR) is 70.6 cm³/mol. The van der Waals surface area contributed by atoms with Gasteiger partial charge in [0.25, 0.3) is 0 Å². The van der Waals surface area contributed by atoms with Crippen LogP contribution in [0.4, 0.5) is 0 Å². The van der Waals surface area contributed by atoms with E-state index < -0.39 is 5.97 Å². The average molecular weight is 297 g/mol. The number of Topliss-reactive ketones (excluding diaryl/α,β-unsaturated/α-hetero) is 1. The van der Waals surface area contributed by atoms with Gasteiger partial charge in [-0.25, -0.2) is 4.79 Å². The van der Waals surface area contributed by atoms with E-state index >= 15 is 0 Å². The summed E-state index contributed by atoms with van der Waals surface area (Å²) in [6.45, 7) is 1.90. The molecule has 0 saturated heterocycles. The normalized spacial score (nSPS) is 10.7. The molecule has 0 aliphatic carbocycles. The summed E-state index contributed by atoms with van der Waals surface area (Å²) in [4.78, 5) is 22.3. The molecule has 0 atom stereocenters. The van der Waals surface area contributed by atoms with Crippen molar-refractivity contribution in [3.8, 4) is 0 Å². The fraction of sp³-hybridized carbons (Fsp3) is 0.231. The van der Waals surface area contributed by atoms with E-state index in [0.29, 0.717) is 22.9 Å². The summed E-state index contributed by atoms with van der Waals surface area (Å²) in [6, 6.07) is 5.40. The molecule has 0 spiro atoms. The molecule has 0 fully saturated rings. The second-order valence-electron chi connectivity index (χ2n) is 3.62. The number of carbonyl (C=O) groups excluding carboxylic acids is 1. The van der Waals surface area contributed by atoms with Gasteiger partial charge in [-0.05, 0) is 24.6 Å². The number of halogens is 1. The summed E-state index contributed by atoms with van der Waals surface area (Å²) in [5.41, 5.74) is 2.20. The Kier molecular flexibility index (Phi) is 5.10. The van der Waals surface area contributed by atoms with Gasteiger partial charge in [-0.1, -0.05) is 33.6 Å². The van der Waals surface area contributed by atoms with Crippen LogP contribution in [0.25, 0.3) is 6.08 Å². The maximum atomic E-state index is 11.9. The third-order valence-electron chi connectivity index (χ3n) is 2.24. The van der Waals surface area contributed by atoms with Gasteiger partial charge in [0.1, 0.15) is 0 Å². The lowest BCUT2D eigenvalue weighted by Gasteiger charge is -2.05. The number of carbonyl (C=O) groups is 2. The summed E-state index contributed by atoms with van der Waals surface area (Å²) < 4.78 is 0. The fourth-order valence-corrected chi connectivity index (χ4v) is 1.80. The Balaban J connectivity index is 3.12. The Hall–Kier alpha value is -1.42. The van der Waals surface area contributed by atoms with Crippen LogP contribution in [-0.2, 0) is 4.79 Å². The maximum Gasteiger partial charge on any atom is 0.328 e. The van der Waals surface area contributed by atoms with Crippen molar-refractivity contribution in [2.75, 3.05) is 5.33 Å². The predicted octanol–water partition coefficient (Wildman–Crippen LogP) is 3.06. The van der Waals surface area contributed by atoms with Crippen molar-refractivity contribution >= 4 is 33.8 Å². The van der Waals surface area contributed by atoms with Gasteiger partial charge in [-0.15, -0.1) is 0 Å². The van der Waals surface area contributed by atoms with E-state index in [4.69, 9.17) is 5.11 Å². The molecule has 4 heteroatoms. The molecule has 0 aromatic heterocycles. The van der Waals surface area contributed by atoms with E-state index in [2.05, 4.69) is 15.9 Å². The highest BCUT2D eigenvalue weighted by Gasteiger charge is 2.09. The Bertz CT molecular complexity index is 464. The number of alkyl halides is 1. The van der Waals surface area contributed by atoms with Gasteiger partial charge in [-0.3, -0.25) is 4.79 Å². The zero-order valence-corrected chi connectivity index (χ0v) is 11.0. The molecule has 0 amide bonds. The summed E-state index contributed by atoms with van der Waals surface area (Å²) in [6.07, 6.45) is 2.89. The highest BCUT2D eigenvalue weighted by Crippen LogP contribution is 2.16. The second-order valence-corrected chi connectivity index (χ2v) is 4.42. The Morgan fingerprint density at radius 1 is 1.41 bits per heavy atom. The highest BCUT2D eigenvalue weighted by molar-refractivity contribution is 9.09. The molecular formula is C13H13BrO3. The number of hydrogen-bond acceptors (Lipinski definition) is 2. The highest BCUT2D eigenvalue weighted by atomic mass is 79.9. The van der Waals surface area contributed by atoms with Crippen molar-refractivity contribution in [2.24, 2.45) is 0 Å². The van der Waals surface area contributed by atoms with Crippen molar-refractivity contribution in [3.05, 3.63) is 41.0 Å². The van der Waals surface area contributed by atoms with Crippen molar-refractivity contribution in [1.82, 2.24) is 0 Å². The first-order valence-electron chi connectivity index (χ1n) is 5.15. The molecule has 0 heterocycles. The molecule has 1 aromatic carbocycles. The van der Waals surface area contributed by atoms with Crippen LogP contribution in [0.1, 0.15) is 27.9 Å². The SMILES string of the molecule is Cc1ccc(/C=C/C(=O)O)c(C(=O)CCBr)c1. The second kappa shape index (κ2) is 6.35. The third-order valence-corrected chi connectivity index (χ3v) is 2.63. The Morgan fingerprint density at radius 3 is 2.71 bits per heavy atom. The van der Waals surface area contributed by atoms with Crippen molar-refractivity contribution in [2.45, 2.75) is 13.3 Å². The first-order chi connectivity index (χ1) is 8.04. The quantitative estimate of drug-likeness (QED) is 0.516. The molecule has 3 nitrogen and oxygen atoms in total. The third kappa shape index (κ3) is 4.15. The molecule has 0 radical (unpaired) electrons. The van der Waals surface area contributed by atoms with Crippen LogP contribution in [-0.4, -0.2) is 22.2 Å². The minimum absolute atomic E-state index is 0.00983. The van der Waals surface area contributed by atoms with Crippen LogP contribution in [0.15, 0.2) is 24.3 Å². The molecule has 1 aromatic rings. The summed E-state index contributed by atoms with van der Waals surface area (Å²) >= 11 is 3.22. The smallest absolute Gasteiger partial charge is 0.328 e. The molecule has 0 unspecified atom stereocenters. The number of hydrogen-bond donors (Lipinski definition) is 1. The molecule has 1 rings (SSSR count). The fourth-order valence-electron chi connectivity index (χ4n) is 1.44. The van der Waals surface area contributed by atoms with Gasteiger partial charge in [0.15, 0.2) is 5.78 Å². The minimum atomic E-state index is -1.02. The van der Waals surface area contributed by atoms with Crippen LogP contribution >= 0.6 is 15.9 Å². The van der Waals surface area contributed by atoms with E-state index in [1.54, 1.807) is 12.1 Å². The number of carboxylic acid groups (broad SMARTS) is 1. The van der Waals surface area contributed by atoms with Crippen LogP contribution in [0.5, 0.6) is 0 Å². The van der Waals surface area contributed by atoms with Gasteiger partial charge in [0.2, 0.25) is 0 Å². The van der Waals surface area contributed by atoms with E-state index in [-0.39, 0.29) is 5.78 Å². The number of aryl methyl sites for hydroxylation is 1. The molecule has 0 saturated carbocycles. The summed E-state index contributed by atoms with van der Waals surface area (Å²) in [5.74, 6) is -1.01. The van der Waals surface area contributed by atoms with E-state index in [1.165, 1.54) is 6.08 Å². The zero-order chi connectivity index (χ0) is 12.8. The molecule has 1 N–H and O–H groups in total. The van der Waals surface area contributed by atoms with Crippen molar-refractivity contribution < 1.29 is 14.7 Å². The van der Waals surface area contributed by atoms with Crippen molar-refractivity contribution in [1.29, 1.82) is 0 Å². The standard InChI is InChI=1S/C13H13BrO3/c1-9-2-3-10(4-5-13(16)17)11(8-9)12(15)6-7-14/h2-5,8H,6-7H2,1H3,(H,16,17)/b5-4+. The number of ketones is 1. The van der Waals surface area contributed by atoms with Gasteiger partial charge in [-0.2, -0.15) is 0 Å². The Labute approximate surface area is 108 Å². The molecule has 0 aliphatic heterocycles. The van der Waals surface area contributed by atoms with Crippen molar-refractivity contribution in [3.63, 3.8) is 0 Å². The Morgan fingerprint density at radius 2 is 2.12 bits per heavy atom. The first-order valence-corrected chi connectivity index (χ1v) is 6.27. The van der Waals surface area contributed by atoms with E-state index in [9.17, 15) is 9.59 Å². The lowest BCUT2D eigenvalue weighted by molar-refractivity contribution is -0.131. The lowest BCUT2D eigenvalue weighted by Crippen LogP contribution is -2.03. The van der Waals surface area contributed by atoms with Crippen LogP contribution in [0.3, 0.4) is 0 Å². The zero-order valence-electron chi connectivity index (χ0n) is 9.44. The summed E-state index contributed by atoms with van der Waals surface area (Å²) in [5, 5.41) is 9.18. The van der Waals surface area contributed by atoms with Gasteiger partial charge < -0.3 is 5.11 Å². The van der Waals surface area contributed by atoms with Crippen LogP contribution in [0, 0.1) is 6.92 Å². The molecule has 0 aliphatic rings.